The third kappa shape index (κ3) is 2.76. The van der Waals surface area contributed by atoms with Crippen molar-refractivity contribution in [2.24, 2.45) is 23.2 Å². The van der Waals surface area contributed by atoms with Gasteiger partial charge in [-0.25, -0.2) is 0 Å². The summed E-state index contributed by atoms with van der Waals surface area (Å²) in [6.07, 6.45) is 9.77. The van der Waals surface area contributed by atoms with Crippen molar-refractivity contribution in [3.05, 3.63) is 24.0 Å². The number of carbonyl (C=O) groups excluding carboxylic acids is 2. The topological polar surface area (TPSA) is 56.4 Å². The van der Waals surface area contributed by atoms with Crippen LogP contribution in [-0.2, 0) is 16.0 Å². The number of aromatic amines is 1. The number of carbonyl (C=O) groups is 2. The van der Waals surface area contributed by atoms with Crippen LogP contribution in [0.25, 0.3) is 0 Å². The molecule has 1 aromatic rings. The molecule has 5 aliphatic rings. The molecule has 26 heavy (non-hydrogen) atoms. The Kier molecular flexibility index (Phi) is 3.87. The van der Waals surface area contributed by atoms with Gasteiger partial charge in [-0.3, -0.25) is 9.59 Å². The lowest BCUT2D eigenvalue weighted by atomic mass is 9.49. The molecule has 1 N–H and O–H groups in total. The Morgan fingerprint density at radius 1 is 0.962 bits per heavy atom. The first-order chi connectivity index (χ1) is 12.6. The van der Waals surface area contributed by atoms with Crippen molar-refractivity contribution in [1.29, 1.82) is 0 Å². The predicted molar refractivity (Wildman–Crippen MR) is 98.3 cm³/mol. The van der Waals surface area contributed by atoms with Crippen molar-refractivity contribution >= 4 is 11.8 Å². The number of hydrogen-bond acceptors (Lipinski definition) is 2. The third-order valence-electron chi connectivity index (χ3n) is 7.42. The number of H-pyrrole nitrogens is 1. The number of nitrogens with one attached hydrogen (secondary N) is 1. The predicted octanol–water partition coefficient (Wildman–Crippen LogP) is 2.44. The molecule has 0 spiro atoms. The molecular formula is C21H29N3O2. The van der Waals surface area contributed by atoms with Gasteiger partial charge in [0, 0.05) is 38.1 Å². The molecule has 4 saturated carbocycles. The van der Waals surface area contributed by atoms with Gasteiger partial charge in [-0.2, -0.15) is 0 Å². The van der Waals surface area contributed by atoms with Gasteiger partial charge in [0.15, 0.2) is 0 Å². The van der Waals surface area contributed by atoms with Crippen molar-refractivity contribution in [3.8, 4) is 0 Å². The van der Waals surface area contributed by atoms with E-state index >= 15 is 0 Å². The summed E-state index contributed by atoms with van der Waals surface area (Å²) < 4.78 is 0. The molecule has 5 fully saturated rings. The maximum atomic E-state index is 13.4. The number of nitrogens with zero attached hydrogens (tertiary/aromatic N) is 2. The minimum atomic E-state index is -0.0504. The van der Waals surface area contributed by atoms with E-state index in [-0.39, 0.29) is 11.3 Å². The molecule has 2 amide bonds. The van der Waals surface area contributed by atoms with E-state index in [9.17, 15) is 9.59 Å². The fourth-order valence-electron chi connectivity index (χ4n) is 6.62. The molecule has 1 aliphatic heterocycles. The van der Waals surface area contributed by atoms with Gasteiger partial charge in [-0.1, -0.05) is 0 Å². The maximum absolute atomic E-state index is 13.4. The summed E-state index contributed by atoms with van der Waals surface area (Å²) in [5.74, 6) is 2.97. The molecule has 0 aromatic carbocycles. The first kappa shape index (κ1) is 16.4. The van der Waals surface area contributed by atoms with Gasteiger partial charge >= 0.3 is 0 Å². The SMILES string of the molecule is O=C(Cc1ccc[nH]1)N1CCN(C(=O)C23CC4CC(CC(C4)C2)C3)CC1. The van der Waals surface area contributed by atoms with Crippen molar-refractivity contribution in [2.45, 2.75) is 44.9 Å². The minimum Gasteiger partial charge on any atom is -0.365 e. The summed E-state index contributed by atoms with van der Waals surface area (Å²) in [4.78, 5) is 33.0. The van der Waals surface area contributed by atoms with Crippen LogP contribution in [-0.4, -0.2) is 52.8 Å². The first-order valence-corrected chi connectivity index (χ1v) is 10.3. The van der Waals surface area contributed by atoms with Gasteiger partial charge in [0.05, 0.1) is 11.8 Å². The van der Waals surface area contributed by atoms with Gasteiger partial charge in [-0.05, 0) is 68.4 Å². The molecule has 5 heteroatoms. The molecule has 0 atom stereocenters. The number of rotatable bonds is 3. The third-order valence-corrected chi connectivity index (χ3v) is 7.42. The van der Waals surface area contributed by atoms with Gasteiger partial charge in [-0.15, -0.1) is 0 Å². The normalized spacial score (nSPS) is 35.8. The number of aromatic nitrogens is 1. The Bertz CT molecular complexity index is 653. The summed E-state index contributed by atoms with van der Waals surface area (Å²) in [5.41, 5.74) is 0.910. The van der Waals surface area contributed by atoms with E-state index in [4.69, 9.17) is 0 Å². The van der Waals surface area contributed by atoms with Gasteiger partial charge in [0.1, 0.15) is 0 Å². The lowest BCUT2D eigenvalue weighted by Crippen LogP contribution is -2.58. The van der Waals surface area contributed by atoms with E-state index < -0.39 is 0 Å². The second-order valence-corrected chi connectivity index (χ2v) is 9.24. The zero-order valence-corrected chi connectivity index (χ0v) is 15.5. The fourth-order valence-corrected chi connectivity index (χ4v) is 6.62. The average molecular weight is 355 g/mol. The van der Waals surface area contributed by atoms with Crippen molar-refractivity contribution in [1.82, 2.24) is 14.8 Å². The summed E-state index contributed by atoms with van der Waals surface area (Å²) in [6, 6.07) is 3.87. The van der Waals surface area contributed by atoms with Crippen LogP contribution in [0.3, 0.4) is 0 Å². The summed E-state index contributed by atoms with van der Waals surface area (Å²) in [6.45, 7) is 2.77. The quantitative estimate of drug-likeness (QED) is 0.905. The monoisotopic (exact) mass is 355 g/mol. The molecule has 2 heterocycles. The molecule has 0 radical (unpaired) electrons. The number of amides is 2. The zero-order valence-electron chi connectivity index (χ0n) is 15.5. The number of hydrogen-bond donors (Lipinski definition) is 1. The highest BCUT2D eigenvalue weighted by atomic mass is 16.2. The summed E-state index contributed by atoms with van der Waals surface area (Å²) in [7, 11) is 0. The van der Waals surface area contributed by atoms with Crippen LogP contribution >= 0.6 is 0 Å². The second kappa shape index (κ2) is 6.14. The van der Waals surface area contributed by atoms with Crippen LogP contribution < -0.4 is 0 Å². The van der Waals surface area contributed by atoms with Crippen molar-refractivity contribution < 1.29 is 9.59 Å². The van der Waals surface area contributed by atoms with E-state index in [1.807, 2.05) is 23.2 Å². The smallest absolute Gasteiger partial charge is 0.228 e. The zero-order chi connectivity index (χ0) is 17.7. The van der Waals surface area contributed by atoms with Crippen LogP contribution in [0, 0.1) is 23.2 Å². The van der Waals surface area contributed by atoms with Crippen LogP contribution in [0.15, 0.2) is 18.3 Å². The highest BCUT2D eigenvalue weighted by Gasteiger charge is 2.55. The maximum Gasteiger partial charge on any atom is 0.228 e. The fraction of sp³-hybridized carbons (Fsp3) is 0.714. The van der Waals surface area contributed by atoms with Gasteiger partial charge in [0.25, 0.3) is 0 Å². The summed E-state index contributed by atoms with van der Waals surface area (Å²) in [5, 5.41) is 0. The Balaban J connectivity index is 1.20. The Morgan fingerprint density at radius 2 is 1.54 bits per heavy atom. The molecule has 1 saturated heterocycles. The van der Waals surface area contributed by atoms with E-state index in [2.05, 4.69) is 9.88 Å². The second-order valence-electron chi connectivity index (χ2n) is 9.24. The van der Waals surface area contributed by atoms with E-state index in [0.717, 1.165) is 42.7 Å². The molecule has 6 rings (SSSR count). The van der Waals surface area contributed by atoms with Crippen molar-refractivity contribution in [3.63, 3.8) is 0 Å². The van der Waals surface area contributed by atoms with Gasteiger partial charge < -0.3 is 14.8 Å². The Hall–Kier alpha value is -1.78. The lowest BCUT2D eigenvalue weighted by molar-refractivity contribution is -0.160. The van der Waals surface area contributed by atoms with Crippen LogP contribution in [0.1, 0.15) is 44.2 Å². The molecule has 140 valence electrons. The van der Waals surface area contributed by atoms with Crippen LogP contribution in [0.5, 0.6) is 0 Å². The molecule has 4 aliphatic carbocycles. The highest BCUT2D eigenvalue weighted by Crippen LogP contribution is 2.60. The standard InChI is InChI=1S/C21H29N3O2/c25-19(11-18-2-1-3-22-18)23-4-6-24(7-5-23)20(26)21-12-15-8-16(13-21)10-17(9-15)14-21/h1-3,15-17,22H,4-14H2. The largest absolute Gasteiger partial charge is 0.365 e. The first-order valence-electron chi connectivity index (χ1n) is 10.3. The highest BCUT2D eigenvalue weighted by molar-refractivity contribution is 5.84. The summed E-state index contributed by atoms with van der Waals surface area (Å²) >= 11 is 0. The van der Waals surface area contributed by atoms with Crippen molar-refractivity contribution in [2.75, 3.05) is 26.2 Å². The average Bonchev–Trinajstić information content (AvgIpc) is 3.13. The molecule has 0 unspecified atom stereocenters. The molecule has 1 aromatic heterocycles. The minimum absolute atomic E-state index is 0.0504. The molecule has 5 nitrogen and oxygen atoms in total. The van der Waals surface area contributed by atoms with E-state index in [0.29, 0.717) is 38.5 Å². The Labute approximate surface area is 155 Å². The van der Waals surface area contributed by atoms with Gasteiger partial charge in [0.2, 0.25) is 11.8 Å². The van der Waals surface area contributed by atoms with Crippen LogP contribution in [0.4, 0.5) is 0 Å². The lowest BCUT2D eigenvalue weighted by Gasteiger charge is -2.57. The van der Waals surface area contributed by atoms with E-state index in [1.165, 1.54) is 19.3 Å². The van der Waals surface area contributed by atoms with E-state index in [1.54, 1.807) is 0 Å². The van der Waals surface area contributed by atoms with Crippen LogP contribution in [0.2, 0.25) is 0 Å². The molecular weight excluding hydrogens is 326 g/mol. The molecule has 4 bridgehead atoms. The Morgan fingerprint density at radius 3 is 2.08 bits per heavy atom. The number of piperazine rings is 1.